The number of rotatable bonds is 9. The Balaban J connectivity index is 1.45. The standard InChI is InChI=1S/C22H20F3N5O6S3/c23-22(24,25)10-26-21(35)28-14(12-4-3-7-37-12)17(31)27-15-18(32)30-16(20(33)34)11(9-39-19(15)30)8-38-13-5-1-2-6-29(13)36/h1-7,14-15,19H,8-10H2,(H,27,31)(H,33,34)(H2,26,28,35)/t14?,15-,19?/m1/s1. The van der Waals surface area contributed by atoms with Crippen LogP contribution in [0.4, 0.5) is 18.0 Å². The number of carbonyl (C=O) groups excluding carboxylic acids is 3. The first-order valence-corrected chi connectivity index (χ1v) is 14.0. The van der Waals surface area contributed by atoms with E-state index in [9.17, 15) is 42.7 Å². The van der Waals surface area contributed by atoms with E-state index in [4.69, 9.17) is 0 Å². The van der Waals surface area contributed by atoms with Crippen molar-refractivity contribution in [3.05, 3.63) is 63.3 Å². The zero-order valence-corrected chi connectivity index (χ0v) is 22.1. The van der Waals surface area contributed by atoms with Crippen molar-refractivity contribution >= 4 is 58.7 Å². The molecule has 2 aromatic heterocycles. The van der Waals surface area contributed by atoms with Crippen LogP contribution in [0.5, 0.6) is 0 Å². The second-order valence-electron chi connectivity index (χ2n) is 8.20. The average Bonchev–Trinajstić information content (AvgIpc) is 3.42. The van der Waals surface area contributed by atoms with Gasteiger partial charge in [0.1, 0.15) is 29.7 Å². The molecular formula is C22H20F3N5O6S3. The fourth-order valence-electron chi connectivity index (χ4n) is 3.80. The van der Waals surface area contributed by atoms with Crippen molar-refractivity contribution in [1.82, 2.24) is 20.9 Å². The van der Waals surface area contributed by atoms with E-state index in [1.165, 1.54) is 24.0 Å². The summed E-state index contributed by atoms with van der Waals surface area (Å²) in [4.78, 5) is 51.5. The molecule has 2 aromatic rings. The molecule has 2 aliphatic heterocycles. The van der Waals surface area contributed by atoms with Gasteiger partial charge in [0.15, 0.2) is 6.20 Å². The lowest BCUT2D eigenvalue weighted by Crippen LogP contribution is -2.71. The minimum absolute atomic E-state index is 0.145. The number of nitrogens with zero attached hydrogens (tertiary/aromatic N) is 2. The minimum Gasteiger partial charge on any atom is -0.618 e. The number of alkyl halides is 3. The Labute approximate surface area is 231 Å². The van der Waals surface area contributed by atoms with Crippen LogP contribution in [0.2, 0.25) is 0 Å². The highest BCUT2D eigenvalue weighted by molar-refractivity contribution is 8.01. The zero-order valence-electron chi connectivity index (χ0n) is 19.6. The highest BCUT2D eigenvalue weighted by Gasteiger charge is 2.54. The number of pyridine rings is 1. The number of β-lactam (4-membered cyclic amide) rings is 1. The summed E-state index contributed by atoms with van der Waals surface area (Å²) in [5.41, 5.74) is 0.199. The van der Waals surface area contributed by atoms with Crippen molar-refractivity contribution in [2.24, 2.45) is 0 Å². The molecular weight excluding hydrogens is 583 g/mol. The summed E-state index contributed by atoms with van der Waals surface area (Å²) in [6.45, 7) is -1.60. The maximum absolute atomic E-state index is 13.1. The Morgan fingerprint density at radius 3 is 2.67 bits per heavy atom. The summed E-state index contributed by atoms with van der Waals surface area (Å²) in [7, 11) is 0. The van der Waals surface area contributed by atoms with Crippen LogP contribution in [0.3, 0.4) is 0 Å². The molecule has 0 saturated carbocycles. The van der Waals surface area contributed by atoms with E-state index >= 15 is 0 Å². The molecule has 3 atom stereocenters. The minimum atomic E-state index is -4.65. The topological polar surface area (TPSA) is 155 Å². The summed E-state index contributed by atoms with van der Waals surface area (Å²) >= 11 is 3.41. The predicted octanol–water partition coefficient (Wildman–Crippen LogP) is 1.82. The molecule has 17 heteroatoms. The quantitative estimate of drug-likeness (QED) is 0.147. The van der Waals surface area contributed by atoms with Gasteiger partial charge in [0.25, 0.3) is 10.9 Å². The number of nitrogens with one attached hydrogen (secondary N) is 3. The van der Waals surface area contributed by atoms with Crippen LogP contribution in [0.25, 0.3) is 0 Å². The summed E-state index contributed by atoms with van der Waals surface area (Å²) in [5.74, 6) is -2.51. The Kier molecular flexibility index (Phi) is 8.60. The van der Waals surface area contributed by atoms with E-state index in [0.29, 0.717) is 20.2 Å². The van der Waals surface area contributed by atoms with Crippen molar-refractivity contribution in [2.45, 2.75) is 28.7 Å². The number of fused-ring (bicyclic) bond motifs is 1. The molecule has 1 fully saturated rings. The van der Waals surface area contributed by atoms with Gasteiger partial charge in [-0.25, -0.2) is 9.59 Å². The van der Waals surface area contributed by atoms with Crippen LogP contribution in [0.1, 0.15) is 10.9 Å². The number of thiophene rings is 1. The number of halogens is 3. The number of hydrogen-bond donors (Lipinski definition) is 4. The Hall–Kier alpha value is -3.44. The normalized spacial score (nSPS) is 19.6. The fraction of sp³-hybridized carbons (Fsp3) is 0.318. The highest BCUT2D eigenvalue weighted by atomic mass is 32.2. The van der Waals surface area contributed by atoms with Gasteiger partial charge in [0, 0.05) is 28.5 Å². The van der Waals surface area contributed by atoms with Crippen LogP contribution in [-0.4, -0.2) is 69.5 Å². The second kappa shape index (κ2) is 11.7. The fourth-order valence-corrected chi connectivity index (χ4v) is 6.97. The largest absolute Gasteiger partial charge is 0.618 e. The van der Waals surface area contributed by atoms with Crippen molar-refractivity contribution in [2.75, 3.05) is 18.1 Å². The van der Waals surface area contributed by atoms with Crippen LogP contribution in [0.15, 0.2) is 58.2 Å². The number of amides is 4. The summed E-state index contributed by atoms with van der Waals surface area (Å²) in [6.07, 6.45) is -3.34. The van der Waals surface area contributed by atoms with Gasteiger partial charge >= 0.3 is 18.2 Å². The van der Waals surface area contributed by atoms with E-state index in [2.05, 4.69) is 10.6 Å². The van der Waals surface area contributed by atoms with Gasteiger partial charge in [-0.1, -0.05) is 17.8 Å². The maximum atomic E-state index is 13.1. The smallest absolute Gasteiger partial charge is 0.405 e. The molecule has 1 saturated heterocycles. The lowest BCUT2D eigenvalue weighted by molar-refractivity contribution is -0.645. The van der Waals surface area contributed by atoms with Crippen molar-refractivity contribution in [3.63, 3.8) is 0 Å². The SMILES string of the molecule is O=C(NCC(F)(F)F)NC(C(=O)N[C@@H]1C(=O)N2C(C(=O)O)=C(CSc3cccc[n+]3[O-])CSC12)c1cccs1. The molecule has 0 bridgehead atoms. The van der Waals surface area contributed by atoms with Crippen LogP contribution < -0.4 is 20.7 Å². The van der Waals surface area contributed by atoms with Crippen LogP contribution in [-0.2, 0) is 14.4 Å². The number of carbonyl (C=O) groups is 4. The van der Waals surface area contributed by atoms with Gasteiger partial charge in [0.2, 0.25) is 5.91 Å². The van der Waals surface area contributed by atoms with Gasteiger partial charge < -0.3 is 26.3 Å². The molecule has 0 radical (unpaired) electrons. The van der Waals surface area contributed by atoms with Crippen molar-refractivity contribution in [3.8, 4) is 0 Å². The molecule has 0 aliphatic carbocycles. The predicted molar refractivity (Wildman–Crippen MR) is 135 cm³/mol. The number of carboxylic acid groups (broad SMARTS) is 1. The third-order valence-corrected chi connectivity index (χ3v) is 8.93. The molecule has 39 heavy (non-hydrogen) atoms. The first kappa shape index (κ1) is 28.6. The second-order valence-corrected chi connectivity index (χ2v) is 11.3. The van der Waals surface area contributed by atoms with Gasteiger partial charge in [-0.2, -0.15) is 17.9 Å². The summed E-state index contributed by atoms with van der Waals surface area (Å²) < 4.78 is 38.0. The number of thioether (sulfide) groups is 2. The maximum Gasteiger partial charge on any atom is 0.405 e. The number of urea groups is 1. The molecule has 4 N–H and O–H groups in total. The monoisotopic (exact) mass is 603 g/mol. The van der Waals surface area contributed by atoms with E-state index in [0.717, 1.165) is 28.0 Å². The third kappa shape index (κ3) is 6.59. The van der Waals surface area contributed by atoms with Crippen LogP contribution in [0, 0.1) is 5.21 Å². The third-order valence-electron chi connectivity index (χ3n) is 5.55. The van der Waals surface area contributed by atoms with Crippen molar-refractivity contribution < 1.29 is 42.2 Å². The summed E-state index contributed by atoms with van der Waals surface area (Å²) in [5, 5.41) is 29.3. The van der Waals surface area contributed by atoms with E-state index in [1.54, 1.807) is 35.0 Å². The molecule has 11 nitrogen and oxygen atoms in total. The van der Waals surface area contributed by atoms with Crippen molar-refractivity contribution in [1.29, 1.82) is 0 Å². The zero-order chi connectivity index (χ0) is 28.3. The highest BCUT2D eigenvalue weighted by Crippen LogP contribution is 2.41. The lowest BCUT2D eigenvalue weighted by Gasteiger charge is -2.49. The number of aliphatic carboxylic acids is 1. The van der Waals surface area contributed by atoms with Gasteiger partial charge in [-0.05, 0) is 23.1 Å². The molecule has 4 amide bonds. The lowest BCUT2D eigenvalue weighted by atomic mass is 10.0. The first-order valence-electron chi connectivity index (χ1n) is 11.1. The van der Waals surface area contributed by atoms with Crippen LogP contribution >= 0.6 is 34.9 Å². The Morgan fingerprint density at radius 2 is 2.03 bits per heavy atom. The molecule has 2 unspecified atom stereocenters. The van der Waals surface area contributed by atoms with Gasteiger partial charge in [-0.15, -0.1) is 23.1 Å². The molecule has 0 spiro atoms. The molecule has 2 aliphatic rings. The first-order chi connectivity index (χ1) is 18.5. The number of hydrogen-bond acceptors (Lipinski definition) is 8. The Morgan fingerprint density at radius 1 is 1.26 bits per heavy atom. The van der Waals surface area contributed by atoms with Gasteiger partial charge in [0.05, 0.1) is 0 Å². The average molecular weight is 604 g/mol. The number of aromatic nitrogens is 1. The van der Waals surface area contributed by atoms with E-state index in [-0.39, 0.29) is 17.2 Å². The van der Waals surface area contributed by atoms with E-state index in [1.807, 2.05) is 0 Å². The molecule has 0 aromatic carbocycles. The molecule has 4 heterocycles. The summed E-state index contributed by atoms with van der Waals surface area (Å²) in [6, 6.07) is 4.14. The van der Waals surface area contributed by atoms with E-state index < -0.39 is 54.0 Å². The Bertz CT molecular complexity index is 1310. The molecule has 208 valence electrons. The van der Waals surface area contributed by atoms with Gasteiger partial charge in [-0.3, -0.25) is 14.5 Å². The number of carboxylic acids is 1. The molecule has 4 rings (SSSR count).